The van der Waals surface area contributed by atoms with Gasteiger partial charge in [-0.05, 0) is 26.9 Å². The quantitative estimate of drug-likeness (QED) is 0.629. The number of hydrogen-bond donors (Lipinski definition) is 0. The fourth-order valence-electron chi connectivity index (χ4n) is 1.47. The van der Waals surface area contributed by atoms with Crippen molar-refractivity contribution in [3.63, 3.8) is 0 Å². The number of likely N-dealkylation sites (N-methyl/N-ethyl adjacent to an activating group) is 1. The zero-order valence-corrected chi connectivity index (χ0v) is 8.09. The monoisotopic (exact) mass is 174 g/mol. The Morgan fingerprint density at radius 1 is 1.33 bits per heavy atom. The van der Waals surface area contributed by atoms with Crippen LogP contribution in [-0.2, 0) is 0 Å². The minimum Gasteiger partial charge on any atom is -0.308 e. The molecule has 0 aromatic rings. The highest BCUT2D eigenvalue weighted by Crippen LogP contribution is 2.12. The molecule has 1 heterocycles. The number of alkyl halides is 1. The molecule has 1 rings (SSSR count). The molecular formula is C9H19FN2. The molecule has 0 N–H and O–H groups in total. The van der Waals surface area contributed by atoms with Crippen LogP contribution in [0.4, 0.5) is 4.39 Å². The summed E-state index contributed by atoms with van der Waals surface area (Å²) in [4.78, 5) is 4.51. The Morgan fingerprint density at radius 3 is 2.42 bits per heavy atom. The van der Waals surface area contributed by atoms with E-state index in [2.05, 4.69) is 23.9 Å². The van der Waals surface area contributed by atoms with Gasteiger partial charge in [0.1, 0.15) is 6.17 Å². The third-order valence-electron chi connectivity index (χ3n) is 2.38. The molecule has 0 aliphatic carbocycles. The fraction of sp³-hybridized carbons (Fsp3) is 1.00. The molecule has 12 heavy (non-hydrogen) atoms. The maximum Gasteiger partial charge on any atom is 0.103 e. The second-order valence-corrected chi connectivity index (χ2v) is 3.82. The lowest BCUT2D eigenvalue weighted by molar-refractivity contribution is 0.142. The van der Waals surface area contributed by atoms with Crippen molar-refractivity contribution >= 4 is 0 Å². The van der Waals surface area contributed by atoms with Crippen molar-refractivity contribution in [3.05, 3.63) is 0 Å². The Kier molecular flexibility index (Phi) is 3.95. The first-order valence-electron chi connectivity index (χ1n) is 4.69. The van der Waals surface area contributed by atoms with Gasteiger partial charge in [-0.1, -0.05) is 0 Å². The molecule has 2 nitrogen and oxygen atoms in total. The summed E-state index contributed by atoms with van der Waals surface area (Å²) in [5.41, 5.74) is 0. The molecule has 0 spiro atoms. The van der Waals surface area contributed by atoms with Crippen LogP contribution >= 0.6 is 0 Å². The first kappa shape index (κ1) is 9.93. The van der Waals surface area contributed by atoms with E-state index in [4.69, 9.17) is 0 Å². The van der Waals surface area contributed by atoms with Gasteiger partial charge in [-0.2, -0.15) is 0 Å². The molecule has 72 valence electrons. The zero-order valence-electron chi connectivity index (χ0n) is 8.09. The molecule has 0 unspecified atom stereocenters. The first-order chi connectivity index (χ1) is 5.68. The molecule has 0 bridgehead atoms. The molecule has 1 aliphatic rings. The van der Waals surface area contributed by atoms with Crippen LogP contribution in [0.25, 0.3) is 0 Å². The Bertz CT molecular complexity index is 120. The van der Waals surface area contributed by atoms with Gasteiger partial charge in [0, 0.05) is 26.2 Å². The van der Waals surface area contributed by atoms with Crippen molar-refractivity contribution in [1.29, 1.82) is 0 Å². The summed E-state index contributed by atoms with van der Waals surface area (Å²) in [7, 11) is 4.14. The maximum absolute atomic E-state index is 12.7. The average Bonchev–Trinajstić information content (AvgIpc) is 2.03. The van der Waals surface area contributed by atoms with E-state index in [0.29, 0.717) is 0 Å². The maximum atomic E-state index is 12.7. The van der Waals surface area contributed by atoms with E-state index in [1.54, 1.807) is 0 Å². The highest BCUT2D eigenvalue weighted by Gasteiger charge is 2.17. The summed E-state index contributed by atoms with van der Waals surface area (Å²) < 4.78 is 12.7. The third-order valence-corrected chi connectivity index (χ3v) is 2.38. The molecular weight excluding hydrogens is 155 g/mol. The highest BCUT2D eigenvalue weighted by atomic mass is 19.1. The standard InChI is InChI=1S/C9H19FN2/c1-11(2)7-8-12-5-3-9(10)4-6-12/h9H,3-8H2,1-2H3. The van der Waals surface area contributed by atoms with Gasteiger partial charge in [0.25, 0.3) is 0 Å². The van der Waals surface area contributed by atoms with E-state index in [1.165, 1.54) is 0 Å². The van der Waals surface area contributed by atoms with Gasteiger partial charge in [-0.15, -0.1) is 0 Å². The molecule has 0 saturated carbocycles. The van der Waals surface area contributed by atoms with Gasteiger partial charge < -0.3 is 9.80 Å². The number of likely N-dealkylation sites (tertiary alicyclic amines) is 1. The Balaban J connectivity index is 2.09. The smallest absolute Gasteiger partial charge is 0.103 e. The predicted octanol–water partition coefficient (Wildman–Crippen LogP) is 0.982. The minimum atomic E-state index is -0.541. The van der Waals surface area contributed by atoms with Crippen molar-refractivity contribution in [2.75, 3.05) is 40.3 Å². The first-order valence-corrected chi connectivity index (χ1v) is 4.69. The Labute approximate surface area is 74.3 Å². The van der Waals surface area contributed by atoms with Crippen LogP contribution in [0.3, 0.4) is 0 Å². The van der Waals surface area contributed by atoms with E-state index >= 15 is 0 Å². The summed E-state index contributed by atoms with van der Waals surface area (Å²) in [6, 6.07) is 0. The molecule has 1 saturated heterocycles. The van der Waals surface area contributed by atoms with Crippen molar-refractivity contribution < 1.29 is 4.39 Å². The second kappa shape index (κ2) is 4.77. The van der Waals surface area contributed by atoms with Crippen LogP contribution in [-0.4, -0.2) is 56.2 Å². The zero-order chi connectivity index (χ0) is 8.97. The minimum absolute atomic E-state index is 0.541. The summed E-state index contributed by atoms with van der Waals surface area (Å²) in [5.74, 6) is 0. The van der Waals surface area contributed by atoms with Crippen LogP contribution in [0.5, 0.6) is 0 Å². The van der Waals surface area contributed by atoms with Crippen LogP contribution in [0.2, 0.25) is 0 Å². The molecule has 1 aliphatic heterocycles. The summed E-state index contributed by atoms with van der Waals surface area (Å²) in [6.07, 6.45) is 0.918. The Hall–Kier alpha value is -0.150. The summed E-state index contributed by atoms with van der Waals surface area (Å²) in [6.45, 7) is 4.04. The van der Waals surface area contributed by atoms with Crippen LogP contribution in [0.1, 0.15) is 12.8 Å². The fourth-order valence-corrected chi connectivity index (χ4v) is 1.47. The van der Waals surface area contributed by atoms with Gasteiger partial charge >= 0.3 is 0 Å². The lowest BCUT2D eigenvalue weighted by Gasteiger charge is -2.29. The molecule has 0 atom stereocenters. The highest BCUT2D eigenvalue weighted by molar-refractivity contribution is 4.71. The molecule has 0 aromatic heterocycles. The molecule has 0 amide bonds. The Morgan fingerprint density at radius 2 is 1.92 bits per heavy atom. The number of halogens is 1. The number of hydrogen-bond acceptors (Lipinski definition) is 2. The van der Waals surface area contributed by atoms with Gasteiger partial charge in [0.15, 0.2) is 0 Å². The van der Waals surface area contributed by atoms with Gasteiger partial charge in [0.2, 0.25) is 0 Å². The topological polar surface area (TPSA) is 6.48 Å². The number of rotatable bonds is 3. The molecule has 0 radical (unpaired) electrons. The lowest BCUT2D eigenvalue weighted by Crippen LogP contribution is -2.38. The van der Waals surface area contributed by atoms with E-state index in [0.717, 1.165) is 39.0 Å². The number of nitrogens with zero attached hydrogens (tertiary/aromatic N) is 2. The van der Waals surface area contributed by atoms with Crippen molar-refractivity contribution in [1.82, 2.24) is 9.80 Å². The second-order valence-electron chi connectivity index (χ2n) is 3.82. The van der Waals surface area contributed by atoms with Crippen LogP contribution < -0.4 is 0 Å². The molecule has 1 fully saturated rings. The number of piperidine rings is 1. The third kappa shape index (κ3) is 3.50. The van der Waals surface area contributed by atoms with Crippen LogP contribution in [0, 0.1) is 0 Å². The van der Waals surface area contributed by atoms with E-state index in [9.17, 15) is 4.39 Å². The van der Waals surface area contributed by atoms with Crippen molar-refractivity contribution in [3.8, 4) is 0 Å². The molecule has 3 heteroatoms. The summed E-state index contributed by atoms with van der Waals surface area (Å²) in [5, 5.41) is 0. The summed E-state index contributed by atoms with van der Waals surface area (Å²) >= 11 is 0. The van der Waals surface area contributed by atoms with E-state index in [1.807, 2.05) is 0 Å². The SMILES string of the molecule is CN(C)CCN1CCC(F)CC1. The van der Waals surface area contributed by atoms with E-state index in [-0.39, 0.29) is 0 Å². The normalized spacial score (nSPS) is 22.0. The van der Waals surface area contributed by atoms with Gasteiger partial charge in [-0.25, -0.2) is 4.39 Å². The van der Waals surface area contributed by atoms with Crippen LogP contribution in [0.15, 0.2) is 0 Å². The average molecular weight is 174 g/mol. The van der Waals surface area contributed by atoms with Crippen molar-refractivity contribution in [2.24, 2.45) is 0 Å². The van der Waals surface area contributed by atoms with Gasteiger partial charge in [0.05, 0.1) is 0 Å². The predicted molar refractivity (Wildman–Crippen MR) is 49.1 cm³/mol. The van der Waals surface area contributed by atoms with E-state index < -0.39 is 6.17 Å². The molecule has 0 aromatic carbocycles. The lowest BCUT2D eigenvalue weighted by atomic mass is 10.1. The van der Waals surface area contributed by atoms with Gasteiger partial charge in [-0.3, -0.25) is 0 Å². The van der Waals surface area contributed by atoms with Crippen molar-refractivity contribution in [2.45, 2.75) is 19.0 Å². The largest absolute Gasteiger partial charge is 0.308 e.